The molecule has 0 radical (unpaired) electrons. The van der Waals surface area contributed by atoms with Crippen molar-refractivity contribution in [2.24, 2.45) is 0 Å². The zero-order chi connectivity index (χ0) is 116. The van der Waals surface area contributed by atoms with E-state index in [0.717, 1.165) is 72.7 Å². The average Bonchev–Trinajstić information content (AvgIpc) is 1.69. The zero-order valence-electron chi connectivity index (χ0n) is 105. The standard InChI is InChI=1S/C42H26S.C40H24S.C36H22S/c1-2-11-28(12-3-1)40-33-15-6-8-17-35(33)41(36-18-9-7-16-34(36)40)29-23-21-27(22-24-29)32-19-10-20-37-38-25-30-13-4-5-14-31(30)26-39(38)43-42(32)37;1-2-12-27-23-38-36(22-26(27)11-1)30-21-20-28(24-37(30)41-38)39-32-15-5-7-17-34(32)40(35-18-8-6-16-33(35)39)31-19-9-13-25-10-3-4-14-29(25)31;1-2-10-23(11-3-1)35-28-14-6-8-16-30(28)36(31-17-9-7-15-29(31)35)26-18-19-27-32-20-24-12-4-5-13-25(24)21-34(32)37-33(27)22-26/h1-26H;1-24H;1-22H/i1D,2D,3D,4D,5D,6D,7D,8D,9D,10D,11D,12D,13D,14D,15D,16D,17D,18D,19D,20D,21D,22D,23D,24D,25D,26D;5D,6D,7D,8D,15D,16D,17D,18D;6D,7D,8D,9D,14D,15D,16D,17D. The van der Waals surface area contributed by atoms with Gasteiger partial charge in [0.25, 0.3) is 0 Å². The van der Waals surface area contributed by atoms with Crippen LogP contribution in [0, 0.1) is 0 Å². The largest absolute Gasteiger partial charge is 0.135 e. The molecule has 26 aromatic rings. The van der Waals surface area contributed by atoms with Crippen molar-refractivity contribution in [3.05, 3.63) is 436 Å². The van der Waals surface area contributed by atoms with Crippen LogP contribution in [0.1, 0.15) is 57.6 Å². The van der Waals surface area contributed by atoms with Gasteiger partial charge in [-0.2, -0.15) is 0 Å². The van der Waals surface area contributed by atoms with Gasteiger partial charge in [0.15, 0.2) is 0 Å². The van der Waals surface area contributed by atoms with Gasteiger partial charge in [0, 0.05) is 60.5 Å². The molecule has 3 heterocycles. The summed E-state index contributed by atoms with van der Waals surface area (Å²) in [5.74, 6) is 0. The summed E-state index contributed by atoms with van der Waals surface area (Å²) in [7, 11) is 0. The maximum atomic E-state index is 9.57. The lowest BCUT2D eigenvalue weighted by Gasteiger charge is -2.18. The summed E-state index contributed by atoms with van der Waals surface area (Å²) in [6, 6.07) is 31.9. The van der Waals surface area contributed by atoms with Gasteiger partial charge in [-0.05, 0) is 234 Å². The van der Waals surface area contributed by atoms with Gasteiger partial charge < -0.3 is 0 Å². The van der Waals surface area contributed by atoms with Crippen molar-refractivity contribution in [1.29, 1.82) is 0 Å². The monoisotopic (exact) mass is 1630 g/mol. The predicted octanol–water partition coefficient (Wildman–Crippen LogP) is 35.4. The first kappa shape index (κ1) is 40.2. The molecule has 0 unspecified atom stereocenters. The summed E-state index contributed by atoms with van der Waals surface area (Å²) < 4.78 is 378. The van der Waals surface area contributed by atoms with E-state index in [2.05, 4.69) is 48.5 Å². The number of thiophene rings is 3. The Morgan fingerprint density at radius 3 is 1.01 bits per heavy atom. The molecule has 0 aliphatic carbocycles. The third-order valence-electron chi connectivity index (χ3n) is 22.1. The minimum absolute atomic E-state index is 0.125. The van der Waals surface area contributed by atoms with Gasteiger partial charge in [-0.25, -0.2) is 0 Å². The lowest BCUT2D eigenvalue weighted by Crippen LogP contribution is -1.91. The minimum Gasteiger partial charge on any atom is -0.135 e. The first-order chi connectivity index (χ1) is 77.5. The smallest absolute Gasteiger partial charge is 0.0644 e. The Hall–Kier alpha value is -14.7. The van der Waals surface area contributed by atoms with Crippen LogP contribution in [0.4, 0.5) is 0 Å². The number of fused-ring (bicyclic) bond motifs is 19. The fourth-order valence-electron chi connectivity index (χ4n) is 16.8. The molecule has 0 nitrogen and oxygen atoms in total. The van der Waals surface area contributed by atoms with Crippen molar-refractivity contribution < 1.29 is 57.6 Å². The van der Waals surface area contributed by atoms with E-state index in [1.165, 1.54) is 0 Å². The first-order valence-corrected chi connectivity index (χ1v) is 40.6. The van der Waals surface area contributed by atoms with Crippen molar-refractivity contribution in [1.82, 2.24) is 0 Å². The molecule has 0 fully saturated rings. The van der Waals surface area contributed by atoms with Crippen LogP contribution >= 0.6 is 34.0 Å². The molecular formula is C118H72S3. The number of hydrogen-bond donors (Lipinski definition) is 0. The average molecular weight is 1630 g/mol. The van der Waals surface area contributed by atoms with Crippen LogP contribution in [0.15, 0.2) is 436 Å². The molecule has 562 valence electrons. The highest BCUT2D eigenvalue weighted by molar-refractivity contribution is 7.27. The van der Waals surface area contributed by atoms with Gasteiger partial charge in [-0.1, -0.05) is 387 Å². The van der Waals surface area contributed by atoms with E-state index in [4.69, 9.17) is 39.8 Å². The Balaban J connectivity index is 0.000000131. The van der Waals surface area contributed by atoms with E-state index >= 15 is 0 Å². The lowest BCUT2D eigenvalue weighted by atomic mass is 9.84. The van der Waals surface area contributed by atoms with E-state index in [-0.39, 0.29) is 122 Å². The van der Waals surface area contributed by atoms with E-state index in [0.29, 0.717) is 55.8 Å². The van der Waals surface area contributed by atoms with Gasteiger partial charge in [0.1, 0.15) is 0 Å². The summed E-state index contributed by atoms with van der Waals surface area (Å²) in [5.41, 5.74) is -0.128. The molecule has 26 rings (SSSR count). The van der Waals surface area contributed by atoms with E-state index in [9.17, 15) is 17.8 Å². The quantitative estimate of drug-likeness (QED) is 0.140. The van der Waals surface area contributed by atoms with E-state index in [1.54, 1.807) is 46.9 Å². The van der Waals surface area contributed by atoms with Crippen molar-refractivity contribution in [2.75, 3.05) is 0 Å². The number of rotatable bonds is 7. The van der Waals surface area contributed by atoms with Crippen LogP contribution in [-0.2, 0) is 0 Å². The Morgan fingerprint density at radius 1 is 0.157 bits per heavy atom. The maximum absolute atomic E-state index is 9.57. The second-order valence-corrected chi connectivity index (χ2v) is 31.9. The van der Waals surface area contributed by atoms with Crippen LogP contribution in [0.5, 0.6) is 0 Å². The second kappa shape index (κ2) is 29.1. The normalized spacial score (nSPS) is 16.7. The van der Waals surface area contributed by atoms with Gasteiger partial charge >= 0.3 is 0 Å². The fraction of sp³-hybridized carbons (Fsp3) is 0. The molecular weight excluding hydrogens is 1510 g/mol. The van der Waals surface area contributed by atoms with Gasteiger partial charge in [-0.15, -0.1) is 34.0 Å². The zero-order valence-corrected chi connectivity index (χ0v) is 65.0. The molecule has 0 saturated carbocycles. The Bertz CT molecular complexity index is 11200. The van der Waals surface area contributed by atoms with Crippen LogP contribution in [0.3, 0.4) is 0 Å². The third-order valence-corrected chi connectivity index (χ3v) is 25.4. The highest BCUT2D eigenvalue weighted by Crippen LogP contribution is 2.52. The summed E-state index contributed by atoms with van der Waals surface area (Å²) in [6.45, 7) is 0. The first-order valence-electron chi connectivity index (χ1n) is 59.1. The topological polar surface area (TPSA) is 0 Å². The Labute approximate surface area is 770 Å². The Morgan fingerprint density at radius 2 is 0.521 bits per heavy atom. The summed E-state index contributed by atoms with van der Waals surface area (Å²) in [4.78, 5) is 0. The van der Waals surface area contributed by atoms with Crippen LogP contribution in [0.25, 0.3) is 246 Å². The molecule has 3 aromatic heterocycles. The Kier molecular flexibility index (Phi) is 9.68. The number of benzene rings is 23. The SMILES string of the molecule is [2H]c1c([2H])c([2H])c(-c2c3c([2H])c([2H])c([2H])c([2H])c3c(-c3c([2H])c([2H])c(-c4c([2H])c([2H])c([2H])c5c4sc4c([2H])c6c([2H])c([2H])c([2H])c([2H])c6c([2H])c45)c([2H])c3[2H])c3c([2H])c([2H])c([2H])c([2H])c23)c([2H])c1[2H].[2H]c1c([2H])c([2H])c2c(-c3ccc4c(c3)sc3cc5ccccc5cc34)c3c([2H])c([2H])c([2H])c([2H])c3c(-c3ccccc3)c2c1[2H].[2H]c1c([2H])c([2H])c2c(-c3cccc4ccccc34)c3c([2H])c([2H])c([2H])c([2H])c3c(-c3ccc4c(c3)sc3cc5ccccc5cc34)c2c1[2H]. The third kappa shape index (κ3) is 11.9. The van der Waals surface area contributed by atoms with Crippen molar-refractivity contribution in [3.8, 4) is 77.9 Å². The lowest BCUT2D eigenvalue weighted by molar-refractivity contribution is 1.64. The maximum Gasteiger partial charge on any atom is 0.0644 e. The highest BCUT2D eigenvalue weighted by atomic mass is 32.1. The molecule has 0 N–H and O–H groups in total. The van der Waals surface area contributed by atoms with Crippen molar-refractivity contribution in [3.63, 3.8) is 0 Å². The molecule has 121 heavy (non-hydrogen) atoms. The van der Waals surface area contributed by atoms with Crippen LogP contribution in [-0.4, -0.2) is 0 Å². The molecule has 0 bridgehead atoms. The molecule has 0 aliphatic heterocycles. The van der Waals surface area contributed by atoms with Crippen LogP contribution < -0.4 is 0 Å². The highest BCUT2D eigenvalue weighted by Gasteiger charge is 2.23. The fourth-order valence-corrected chi connectivity index (χ4v) is 20.3. The number of hydrogen-bond acceptors (Lipinski definition) is 3. The predicted molar refractivity (Wildman–Crippen MR) is 531 cm³/mol. The van der Waals surface area contributed by atoms with Gasteiger partial charge in [-0.3, -0.25) is 0 Å². The minimum atomic E-state index is -1.02. The van der Waals surface area contributed by atoms with E-state index < -0.39 is 260 Å². The molecule has 23 aromatic carbocycles. The van der Waals surface area contributed by atoms with Crippen molar-refractivity contribution in [2.45, 2.75) is 0 Å². The van der Waals surface area contributed by atoms with E-state index in [1.807, 2.05) is 109 Å². The van der Waals surface area contributed by atoms with Gasteiger partial charge in [0.2, 0.25) is 0 Å². The molecule has 0 amide bonds. The summed E-state index contributed by atoms with van der Waals surface area (Å²) >= 11 is 3.88. The van der Waals surface area contributed by atoms with Crippen molar-refractivity contribution >= 4 is 202 Å². The summed E-state index contributed by atoms with van der Waals surface area (Å²) in [5, 5.41) is 8.44. The molecule has 0 spiro atoms. The van der Waals surface area contributed by atoms with Crippen LogP contribution in [0.2, 0.25) is 0 Å². The molecule has 0 saturated heterocycles. The summed E-state index contributed by atoms with van der Waals surface area (Å²) in [6.07, 6.45) is 0. The molecule has 0 atom stereocenters. The molecule has 0 aliphatic rings. The molecule has 3 heteroatoms. The second-order valence-electron chi connectivity index (χ2n) is 28.7. The van der Waals surface area contributed by atoms with Gasteiger partial charge in [0.05, 0.1) is 57.6 Å².